The Bertz CT molecular complexity index is 669. The van der Waals surface area contributed by atoms with Crippen molar-refractivity contribution in [1.82, 2.24) is 4.90 Å². The van der Waals surface area contributed by atoms with Crippen LogP contribution in [0.4, 0.5) is 11.4 Å². The van der Waals surface area contributed by atoms with Gasteiger partial charge in [-0.1, -0.05) is 11.8 Å². The fourth-order valence-electron chi connectivity index (χ4n) is 2.62. The molecule has 0 aromatic heterocycles. The van der Waals surface area contributed by atoms with Gasteiger partial charge in [-0.15, -0.1) is 0 Å². The van der Waals surface area contributed by atoms with Crippen LogP contribution in [0, 0.1) is 0 Å². The van der Waals surface area contributed by atoms with Crippen molar-refractivity contribution in [2.45, 2.75) is 11.7 Å². The maximum Gasteiger partial charge on any atom is 0.262 e. The van der Waals surface area contributed by atoms with E-state index in [0.29, 0.717) is 18.4 Å². The number of carbonyl (C=O) groups excluding carboxylic acids is 2. The number of hydrogen-bond donors (Lipinski definition) is 1. The number of rotatable bonds is 4. The van der Waals surface area contributed by atoms with Gasteiger partial charge in [0, 0.05) is 45.0 Å². The first kappa shape index (κ1) is 17.8. The standard InChI is InChI=1S/C17H22N4O3S/c1-20(2)13-5-3-12(4-6-13)18-15(22)11-14-16(23)19-17(25-14)21-7-9-24-10-8-21/h3-6,14H,7-11H2,1-2H3,(H,18,22). The van der Waals surface area contributed by atoms with E-state index in [4.69, 9.17) is 4.74 Å². The molecule has 2 amide bonds. The molecule has 0 bridgehead atoms. The minimum Gasteiger partial charge on any atom is -0.378 e. The molecule has 0 spiro atoms. The quantitative estimate of drug-likeness (QED) is 0.873. The van der Waals surface area contributed by atoms with E-state index in [-0.39, 0.29) is 18.2 Å². The van der Waals surface area contributed by atoms with Crippen molar-refractivity contribution < 1.29 is 14.3 Å². The number of amides is 2. The fraction of sp³-hybridized carbons (Fsp3) is 0.471. The summed E-state index contributed by atoms with van der Waals surface area (Å²) in [6.45, 7) is 2.75. The highest BCUT2D eigenvalue weighted by Crippen LogP contribution is 2.28. The van der Waals surface area contributed by atoms with Crippen molar-refractivity contribution in [2.24, 2.45) is 4.99 Å². The zero-order valence-corrected chi connectivity index (χ0v) is 15.2. The van der Waals surface area contributed by atoms with Gasteiger partial charge in [-0.2, -0.15) is 4.99 Å². The van der Waals surface area contributed by atoms with Gasteiger partial charge in [0.25, 0.3) is 5.91 Å². The third-order valence-electron chi connectivity index (χ3n) is 4.05. The van der Waals surface area contributed by atoms with E-state index in [1.807, 2.05) is 48.2 Å². The molecule has 134 valence electrons. The minimum atomic E-state index is -0.445. The van der Waals surface area contributed by atoms with Crippen LogP contribution in [0.5, 0.6) is 0 Å². The van der Waals surface area contributed by atoms with Gasteiger partial charge in [-0.05, 0) is 24.3 Å². The second-order valence-electron chi connectivity index (χ2n) is 6.13. The molecule has 0 radical (unpaired) electrons. The molecule has 1 saturated heterocycles. The number of nitrogens with one attached hydrogen (secondary N) is 1. The van der Waals surface area contributed by atoms with Crippen LogP contribution < -0.4 is 10.2 Å². The summed E-state index contributed by atoms with van der Waals surface area (Å²) < 4.78 is 5.31. The average molecular weight is 362 g/mol. The maximum atomic E-state index is 12.2. The van der Waals surface area contributed by atoms with E-state index >= 15 is 0 Å². The second-order valence-corrected chi connectivity index (χ2v) is 7.30. The van der Waals surface area contributed by atoms with Crippen LogP contribution in [0.3, 0.4) is 0 Å². The van der Waals surface area contributed by atoms with Crippen molar-refractivity contribution in [3.8, 4) is 0 Å². The van der Waals surface area contributed by atoms with Crippen molar-refractivity contribution in [3.05, 3.63) is 24.3 Å². The normalized spacial score (nSPS) is 20.4. The van der Waals surface area contributed by atoms with Crippen LogP contribution in [0.15, 0.2) is 29.3 Å². The largest absolute Gasteiger partial charge is 0.378 e. The SMILES string of the molecule is CN(C)c1ccc(NC(=O)CC2SC(N3CCOCC3)=NC2=O)cc1. The molecule has 2 aliphatic heterocycles. The van der Waals surface area contributed by atoms with Crippen molar-refractivity contribution in [2.75, 3.05) is 50.6 Å². The molecular formula is C17H22N4O3S. The van der Waals surface area contributed by atoms with E-state index < -0.39 is 5.25 Å². The van der Waals surface area contributed by atoms with Gasteiger partial charge in [0.1, 0.15) is 5.25 Å². The second kappa shape index (κ2) is 7.88. The molecule has 0 saturated carbocycles. The molecule has 2 heterocycles. The monoisotopic (exact) mass is 362 g/mol. The summed E-state index contributed by atoms with van der Waals surface area (Å²) in [4.78, 5) is 32.5. The van der Waals surface area contributed by atoms with Gasteiger partial charge >= 0.3 is 0 Å². The molecule has 1 atom stereocenters. The van der Waals surface area contributed by atoms with Crippen LogP contribution in [0.2, 0.25) is 0 Å². The van der Waals surface area contributed by atoms with Gasteiger partial charge in [0.2, 0.25) is 5.91 Å². The molecule has 25 heavy (non-hydrogen) atoms. The molecule has 3 rings (SSSR count). The number of amidine groups is 1. The first-order valence-corrected chi connectivity index (χ1v) is 9.10. The van der Waals surface area contributed by atoms with Crippen LogP contribution in [0.25, 0.3) is 0 Å². The first-order chi connectivity index (χ1) is 12.0. The Labute approximate surface area is 151 Å². The maximum absolute atomic E-state index is 12.2. The summed E-state index contributed by atoms with van der Waals surface area (Å²) in [5, 5.41) is 3.11. The topological polar surface area (TPSA) is 74.2 Å². The summed E-state index contributed by atoms with van der Waals surface area (Å²) >= 11 is 1.37. The summed E-state index contributed by atoms with van der Waals surface area (Å²) in [6, 6.07) is 7.58. The summed E-state index contributed by atoms with van der Waals surface area (Å²) in [5.74, 6) is -0.411. The lowest BCUT2D eigenvalue weighted by Gasteiger charge is -2.27. The predicted molar refractivity (Wildman–Crippen MR) is 100 cm³/mol. The van der Waals surface area contributed by atoms with Crippen molar-refractivity contribution >= 4 is 40.1 Å². The fourth-order valence-corrected chi connectivity index (χ4v) is 3.74. The lowest BCUT2D eigenvalue weighted by molar-refractivity contribution is -0.121. The first-order valence-electron chi connectivity index (χ1n) is 8.22. The van der Waals surface area contributed by atoms with Gasteiger partial charge in [0.15, 0.2) is 5.17 Å². The molecule has 1 unspecified atom stereocenters. The van der Waals surface area contributed by atoms with Crippen LogP contribution >= 0.6 is 11.8 Å². The minimum absolute atomic E-state index is 0.121. The van der Waals surface area contributed by atoms with Crippen LogP contribution in [0.1, 0.15) is 6.42 Å². The number of thioether (sulfide) groups is 1. The molecule has 0 aliphatic carbocycles. The highest BCUT2D eigenvalue weighted by Gasteiger charge is 2.33. The Morgan fingerprint density at radius 2 is 2.00 bits per heavy atom. The van der Waals surface area contributed by atoms with Crippen molar-refractivity contribution in [1.29, 1.82) is 0 Å². The number of aliphatic imine (C=N–C) groups is 1. The lowest BCUT2D eigenvalue weighted by Crippen LogP contribution is -2.39. The summed E-state index contributed by atoms with van der Waals surface area (Å²) in [7, 11) is 3.92. The molecule has 1 aromatic rings. The Kier molecular flexibility index (Phi) is 5.60. The number of nitrogens with zero attached hydrogens (tertiary/aromatic N) is 3. The van der Waals surface area contributed by atoms with E-state index in [2.05, 4.69) is 10.3 Å². The third kappa shape index (κ3) is 4.52. The van der Waals surface area contributed by atoms with E-state index in [9.17, 15) is 9.59 Å². The number of anilines is 2. The number of carbonyl (C=O) groups is 2. The Morgan fingerprint density at radius 1 is 1.32 bits per heavy atom. The molecule has 8 heteroatoms. The molecule has 7 nitrogen and oxygen atoms in total. The molecule has 1 aromatic carbocycles. The average Bonchev–Trinajstić information content (AvgIpc) is 2.97. The lowest BCUT2D eigenvalue weighted by atomic mass is 10.2. The Balaban J connectivity index is 1.52. The smallest absolute Gasteiger partial charge is 0.262 e. The Morgan fingerprint density at radius 3 is 2.64 bits per heavy atom. The zero-order valence-electron chi connectivity index (χ0n) is 14.4. The third-order valence-corrected chi connectivity index (χ3v) is 5.26. The predicted octanol–water partition coefficient (Wildman–Crippen LogP) is 1.41. The number of morpholine rings is 1. The van der Waals surface area contributed by atoms with Crippen molar-refractivity contribution in [3.63, 3.8) is 0 Å². The molecule has 1 N–H and O–H groups in total. The van der Waals surface area contributed by atoms with E-state index in [0.717, 1.165) is 24.5 Å². The van der Waals surface area contributed by atoms with Gasteiger partial charge in [0.05, 0.1) is 13.2 Å². The number of benzene rings is 1. The summed E-state index contributed by atoms with van der Waals surface area (Å²) in [6.07, 6.45) is 0.121. The zero-order chi connectivity index (χ0) is 17.8. The molecular weight excluding hydrogens is 340 g/mol. The number of ether oxygens (including phenoxy) is 1. The van der Waals surface area contributed by atoms with Gasteiger partial charge < -0.3 is 19.9 Å². The van der Waals surface area contributed by atoms with E-state index in [1.165, 1.54) is 11.8 Å². The van der Waals surface area contributed by atoms with Gasteiger partial charge in [-0.3, -0.25) is 9.59 Å². The summed E-state index contributed by atoms with van der Waals surface area (Å²) in [5.41, 5.74) is 1.78. The van der Waals surface area contributed by atoms with E-state index in [1.54, 1.807) is 0 Å². The molecule has 1 fully saturated rings. The van der Waals surface area contributed by atoms with Gasteiger partial charge in [-0.25, -0.2) is 0 Å². The Hall–Kier alpha value is -2.06. The van der Waals surface area contributed by atoms with Crippen LogP contribution in [-0.4, -0.2) is 67.5 Å². The highest BCUT2D eigenvalue weighted by molar-refractivity contribution is 8.15. The number of hydrogen-bond acceptors (Lipinski definition) is 6. The van der Waals surface area contributed by atoms with Crippen LogP contribution in [-0.2, 0) is 14.3 Å². The highest BCUT2D eigenvalue weighted by atomic mass is 32.2. The molecule has 2 aliphatic rings.